The van der Waals surface area contributed by atoms with Gasteiger partial charge in [-0.2, -0.15) is 4.31 Å². The van der Waals surface area contributed by atoms with Gasteiger partial charge in [0.15, 0.2) is 0 Å². The maximum atomic E-state index is 13.4. The highest BCUT2D eigenvalue weighted by Crippen LogP contribution is 2.21. The summed E-state index contributed by atoms with van der Waals surface area (Å²) in [4.78, 5) is 14.6. The first kappa shape index (κ1) is 22.3. The number of methoxy groups -OCH3 is 1. The van der Waals surface area contributed by atoms with Crippen molar-refractivity contribution in [2.75, 3.05) is 39.8 Å². The largest absolute Gasteiger partial charge is 0.497 e. The maximum Gasteiger partial charge on any atom is 0.243 e. The van der Waals surface area contributed by atoms with E-state index in [1.54, 1.807) is 36.3 Å². The second-order valence-corrected chi connectivity index (χ2v) is 9.32. The maximum absolute atomic E-state index is 13.4. The Morgan fingerprint density at radius 3 is 2.50 bits per heavy atom. The Kier molecular flexibility index (Phi) is 7.47. The normalized spacial score (nSPS) is 14.7. The number of nitrogens with zero attached hydrogens (tertiary/aromatic N) is 2. The van der Waals surface area contributed by atoms with E-state index in [1.165, 1.54) is 4.31 Å². The topological polar surface area (TPSA) is 79.0 Å². The number of sulfonamides is 1. The summed E-state index contributed by atoms with van der Waals surface area (Å²) in [5.41, 5.74) is 1.79. The van der Waals surface area contributed by atoms with E-state index in [9.17, 15) is 13.2 Å². The molecule has 0 aliphatic carbocycles. The van der Waals surface area contributed by atoms with Crippen molar-refractivity contribution in [3.63, 3.8) is 0 Å². The van der Waals surface area contributed by atoms with E-state index in [4.69, 9.17) is 4.74 Å². The molecule has 0 atom stereocenters. The van der Waals surface area contributed by atoms with E-state index >= 15 is 0 Å². The highest BCUT2D eigenvalue weighted by Gasteiger charge is 2.26. The molecule has 0 bridgehead atoms. The quantitative estimate of drug-likeness (QED) is 0.692. The van der Waals surface area contributed by atoms with Gasteiger partial charge in [-0.3, -0.25) is 4.79 Å². The van der Waals surface area contributed by atoms with Gasteiger partial charge in [-0.25, -0.2) is 8.42 Å². The zero-order chi connectivity index (χ0) is 21.6. The third-order valence-electron chi connectivity index (χ3n) is 5.20. The summed E-state index contributed by atoms with van der Waals surface area (Å²) in [7, 11) is -2.18. The minimum atomic E-state index is -3.75. The van der Waals surface area contributed by atoms with E-state index < -0.39 is 10.0 Å². The Morgan fingerprint density at radius 2 is 1.83 bits per heavy atom. The smallest absolute Gasteiger partial charge is 0.243 e. The summed E-state index contributed by atoms with van der Waals surface area (Å²) in [6.07, 6.45) is 0.148. The molecule has 1 aliphatic rings. The number of aryl methyl sites for hydroxylation is 1. The fourth-order valence-electron chi connectivity index (χ4n) is 3.41. The molecule has 1 saturated heterocycles. The molecule has 1 amide bonds. The first-order valence-electron chi connectivity index (χ1n) is 10.1. The Labute approximate surface area is 178 Å². The van der Waals surface area contributed by atoms with Gasteiger partial charge >= 0.3 is 0 Å². The van der Waals surface area contributed by atoms with Crippen molar-refractivity contribution in [1.29, 1.82) is 0 Å². The molecule has 0 radical (unpaired) electrons. The molecule has 1 fully saturated rings. The molecule has 0 spiro atoms. The molecular weight excluding hydrogens is 402 g/mol. The SMILES string of the molecule is COc1cccc(CN(CCC(=O)N2CCNCC2)S(=O)(=O)c2ccc(C)cc2)c1. The first-order valence-corrected chi connectivity index (χ1v) is 11.5. The number of nitrogens with one attached hydrogen (secondary N) is 1. The summed E-state index contributed by atoms with van der Waals surface area (Å²) in [6, 6.07) is 14.1. The van der Waals surface area contributed by atoms with Gasteiger partial charge in [0, 0.05) is 45.7 Å². The summed E-state index contributed by atoms with van der Waals surface area (Å²) in [5, 5.41) is 3.22. The number of amides is 1. The van der Waals surface area contributed by atoms with Crippen molar-refractivity contribution < 1.29 is 17.9 Å². The van der Waals surface area contributed by atoms with Crippen LogP contribution in [0.15, 0.2) is 53.4 Å². The molecule has 7 nitrogen and oxygen atoms in total. The van der Waals surface area contributed by atoms with Gasteiger partial charge in [0.2, 0.25) is 15.9 Å². The number of carbonyl (C=O) groups excluding carboxylic acids is 1. The van der Waals surface area contributed by atoms with Crippen LogP contribution >= 0.6 is 0 Å². The average molecular weight is 432 g/mol. The molecular formula is C22H29N3O4S. The molecule has 0 unspecified atom stereocenters. The lowest BCUT2D eigenvalue weighted by Crippen LogP contribution is -2.47. The number of piperazine rings is 1. The van der Waals surface area contributed by atoms with Gasteiger partial charge < -0.3 is 15.0 Å². The zero-order valence-corrected chi connectivity index (χ0v) is 18.3. The summed E-state index contributed by atoms with van der Waals surface area (Å²) in [6.45, 7) is 5.04. The van der Waals surface area contributed by atoms with Crippen molar-refractivity contribution in [2.24, 2.45) is 0 Å². The van der Waals surface area contributed by atoms with Crippen molar-refractivity contribution >= 4 is 15.9 Å². The van der Waals surface area contributed by atoms with E-state index in [2.05, 4.69) is 5.32 Å². The molecule has 0 saturated carbocycles. The standard InChI is InChI=1S/C22H29N3O4S/c1-18-6-8-21(9-7-18)30(27,28)25(17-19-4-3-5-20(16-19)29-2)13-10-22(26)24-14-11-23-12-15-24/h3-9,16,23H,10-15,17H2,1-2H3. The fraction of sp³-hybridized carbons (Fsp3) is 0.409. The van der Waals surface area contributed by atoms with Crippen LogP contribution in [0.5, 0.6) is 5.75 Å². The number of benzene rings is 2. The van der Waals surface area contributed by atoms with Crippen LogP contribution in [0.3, 0.4) is 0 Å². The monoisotopic (exact) mass is 431 g/mol. The Hall–Kier alpha value is -2.42. The van der Waals surface area contributed by atoms with E-state index in [0.717, 1.165) is 24.2 Å². The fourth-order valence-corrected chi connectivity index (χ4v) is 4.84. The molecule has 2 aromatic carbocycles. The zero-order valence-electron chi connectivity index (χ0n) is 17.5. The predicted octanol–water partition coefficient (Wildman–Crippen LogP) is 2.02. The van der Waals surface area contributed by atoms with Crippen LogP contribution in [0, 0.1) is 6.92 Å². The number of rotatable bonds is 8. The Bertz CT molecular complexity index is 955. The van der Waals surface area contributed by atoms with Crippen LogP contribution in [-0.4, -0.2) is 63.4 Å². The predicted molar refractivity (Wildman–Crippen MR) is 116 cm³/mol. The highest BCUT2D eigenvalue weighted by molar-refractivity contribution is 7.89. The minimum absolute atomic E-state index is 0.0220. The van der Waals surface area contributed by atoms with Gasteiger partial charge in [0.25, 0.3) is 0 Å². The molecule has 3 rings (SSSR count). The molecule has 30 heavy (non-hydrogen) atoms. The number of ether oxygens (including phenoxy) is 1. The van der Waals surface area contributed by atoms with Gasteiger partial charge in [-0.05, 0) is 36.8 Å². The van der Waals surface area contributed by atoms with Crippen LogP contribution in [0.1, 0.15) is 17.5 Å². The first-order chi connectivity index (χ1) is 14.4. The van der Waals surface area contributed by atoms with E-state index in [-0.39, 0.29) is 30.3 Å². The molecule has 8 heteroatoms. The molecule has 1 aliphatic heterocycles. The lowest BCUT2D eigenvalue weighted by molar-refractivity contribution is -0.131. The summed E-state index contributed by atoms with van der Waals surface area (Å²) >= 11 is 0. The molecule has 0 aromatic heterocycles. The average Bonchev–Trinajstić information content (AvgIpc) is 2.77. The molecule has 1 N–H and O–H groups in total. The third-order valence-corrected chi connectivity index (χ3v) is 7.06. The van der Waals surface area contributed by atoms with Gasteiger partial charge in [0.05, 0.1) is 12.0 Å². The van der Waals surface area contributed by atoms with Crippen molar-refractivity contribution in [3.05, 3.63) is 59.7 Å². The van der Waals surface area contributed by atoms with Crippen molar-refractivity contribution in [2.45, 2.75) is 24.8 Å². The van der Waals surface area contributed by atoms with Gasteiger partial charge in [0.1, 0.15) is 5.75 Å². The van der Waals surface area contributed by atoms with Crippen LogP contribution in [-0.2, 0) is 21.4 Å². The highest BCUT2D eigenvalue weighted by atomic mass is 32.2. The van der Waals surface area contributed by atoms with E-state index in [0.29, 0.717) is 18.8 Å². The van der Waals surface area contributed by atoms with Gasteiger partial charge in [-0.1, -0.05) is 29.8 Å². The lowest BCUT2D eigenvalue weighted by Gasteiger charge is -2.29. The second-order valence-electron chi connectivity index (χ2n) is 7.38. The Balaban J connectivity index is 1.81. The molecule has 2 aromatic rings. The van der Waals surface area contributed by atoms with Crippen molar-refractivity contribution in [3.8, 4) is 5.75 Å². The number of carbonyl (C=O) groups is 1. The lowest BCUT2D eigenvalue weighted by atomic mass is 10.2. The van der Waals surface area contributed by atoms with Gasteiger partial charge in [-0.15, -0.1) is 0 Å². The second kappa shape index (κ2) is 10.1. The molecule has 162 valence electrons. The summed E-state index contributed by atoms with van der Waals surface area (Å²) < 4.78 is 33.3. The van der Waals surface area contributed by atoms with Crippen LogP contribution < -0.4 is 10.1 Å². The van der Waals surface area contributed by atoms with Crippen LogP contribution in [0.4, 0.5) is 0 Å². The summed E-state index contributed by atoms with van der Waals surface area (Å²) in [5.74, 6) is 0.642. The number of hydrogen-bond donors (Lipinski definition) is 1. The van der Waals surface area contributed by atoms with Crippen LogP contribution in [0.25, 0.3) is 0 Å². The Morgan fingerprint density at radius 1 is 1.13 bits per heavy atom. The number of hydrogen-bond acceptors (Lipinski definition) is 5. The third kappa shape index (κ3) is 5.59. The van der Waals surface area contributed by atoms with Crippen molar-refractivity contribution in [1.82, 2.24) is 14.5 Å². The minimum Gasteiger partial charge on any atom is -0.497 e. The van der Waals surface area contributed by atoms with Crippen LogP contribution in [0.2, 0.25) is 0 Å². The molecule has 1 heterocycles. The van der Waals surface area contributed by atoms with E-state index in [1.807, 2.05) is 31.2 Å².